The highest BCUT2D eigenvalue weighted by atomic mass is 35.5. The number of rotatable bonds is 8. The number of nitrogens with zero attached hydrogens (tertiary/aromatic N) is 4. The Morgan fingerprint density at radius 2 is 2.15 bits per heavy atom. The van der Waals surface area contributed by atoms with Crippen molar-refractivity contribution >= 4 is 61.8 Å². The van der Waals surface area contributed by atoms with Crippen LogP contribution in [-0.4, -0.2) is 86.4 Å². The first kappa shape index (κ1) is 25.6. The molecule has 1 saturated heterocycles. The number of allylic oxidation sites excluding steroid dienone is 1. The molecule has 6 N–H and O–H groups in total. The number of thiazole rings is 1. The molecule has 1 fully saturated rings. The Labute approximate surface area is 200 Å². The third kappa shape index (κ3) is 5.54. The van der Waals surface area contributed by atoms with E-state index in [1.807, 2.05) is 0 Å². The highest BCUT2D eigenvalue weighted by Crippen LogP contribution is 2.27. The molecule has 0 bridgehead atoms. The zero-order valence-corrected chi connectivity index (χ0v) is 19.4. The van der Waals surface area contributed by atoms with Crippen molar-refractivity contribution in [2.75, 3.05) is 12.3 Å². The van der Waals surface area contributed by atoms with Crippen LogP contribution in [0.3, 0.4) is 0 Å². The molecule has 19 heteroatoms. The van der Waals surface area contributed by atoms with Gasteiger partial charge in [-0.05, 0) is 6.92 Å². The van der Waals surface area contributed by atoms with Gasteiger partial charge in [-0.3, -0.25) is 29.2 Å². The van der Waals surface area contributed by atoms with Crippen molar-refractivity contribution in [1.29, 1.82) is 0 Å². The van der Waals surface area contributed by atoms with Crippen molar-refractivity contribution in [2.24, 2.45) is 5.16 Å². The van der Waals surface area contributed by atoms with Crippen LogP contribution in [0, 0.1) is 0 Å². The summed E-state index contributed by atoms with van der Waals surface area (Å²) < 4.78 is 34.4. The second-order valence-electron chi connectivity index (χ2n) is 6.94. The third-order valence-corrected chi connectivity index (χ3v) is 6.03. The van der Waals surface area contributed by atoms with Gasteiger partial charge in [0.05, 0.1) is 18.3 Å². The minimum Gasteiger partial charge on any atom is -0.503 e. The molecule has 0 spiro atoms. The van der Waals surface area contributed by atoms with E-state index in [0.29, 0.717) is 10.1 Å². The molecule has 1 aromatic rings. The molecule has 2 amide bonds. The summed E-state index contributed by atoms with van der Waals surface area (Å²) in [5.41, 5.74) is 4.89. The molecule has 1 aromatic heterocycles. The van der Waals surface area contributed by atoms with E-state index >= 15 is 0 Å². The number of aromatic nitrogens is 1. The van der Waals surface area contributed by atoms with Crippen molar-refractivity contribution in [3.05, 3.63) is 22.0 Å². The van der Waals surface area contributed by atoms with Crippen LogP contribution in [-0.2, 0) is 33.9 Å². The second-order valence-corrected chi connectivity index (χ2v) is 9.58. The van der Waals surface area contributed by atoms with Crippen molar-refractivity contribution in [2.45, 2.75) is 31.5 Å². The van der Waals surface area contributed by atoms with Gasteiger partial charge in [-0.1, -0.05) is 28.1 Å². The van der Waals surface area contributed by atoms with Gasteiger partial charge in [0.25, 0.3) is 11.8 Å². The zero-order chi connectivity index (χ0) is 25.4. The number of nitrogen functional groups attached to an aromatic ring is 1. The lowest BCUT2D eigenvalue weighted by molar-refractivity contribution is -0.196. The lowest BCUT2D eigenvalue weighted by atomic mass is 10.00. The first-order chi connectivity index (χ1) is 15.8. The minimum atomic E-state index is -4.96. The highest BCUT2D eigenvalue weighted by molar-refractivity contribution is 7.80. The largest absolute Gasteiger partial charge is 0.503 e. The minimum absolute atomic E-state index is 0.0126. The summed E-state index contributed by atoms with van der Waals surface area (Å²) >= 11 is 6.87. The number of oxime groups is 1. The van der Waals surface area contributed by atoms with Crippen molar-refractivity contribution < 1.29 is 46.8 Å². The lowest BCUT2D eigenvalue weighted by Gasteiger charge is -2.42. The maximum Gasteiger partial charge on any atom is 0.418 e. The van der Waals surface area contributed by atoms with Gasteiger partial charge in [-0.15, -0.1) is 4.28 Å². The first-order valence-corrected chi connectivity index (χ1v) is 11.7. The van der Waals surface area contributed by atoms with Gasteiger partial charge in [-0.2, -0.15) is 13.5 Å². The van der Waals surface area contributed by atoms with Gasteiger partial charge in [-0.25, -0.2) is 4.98 Å². The molecule has 0 aromatic carbocycles. The maximum absolute atomic E-state index is 12.8. The molecule has 1 unspecified atom stereocenters. The number of hydroxylamine groups is 4. The fourth-order valence-corrected chi connectivity index (χ4v) is 4.23. The number of hydrogen-bond donors (Lipinski definition) is 5. The van der Waals surface area contributed by atoms with Crippen LogP contribution in [0.15, 0.2) is 17.1 Å². The van der Waals surface area contributed by atoms with Gasteiger partial charge in [0.2, 0.25) is 5.78 Å². The van der Waals surface area contributed by atoms with E-state index in [4.69, 9.17) is 26.7 Å². The number of β-lactam (4-membered cyclic amide) rings is 1. The number of amides is 2. The number of halogens is 1. The first-order valence-electron chi connectivity index (χ1n) is 9.12. The normalized spacial score (nSPS) is 23.5. The smallest absolute Gasteiger partial charge is 0.418 e. The molecular formula is C15H17ClN6O10S2. The molecule has 16 nitrogen and oxygen atoms in total. The summed E-state index contributed by atoms with van der Waals surface area (Å²) in [4.78, 5) is 45.6. The third-order valence-electron chi connectivity index (χ3n) is 4.60. The fraction of sp³-hybridized carbons (Fsp3) is 0.400. The predicted molar refractivity (Wildman–Crippen MR) is 113 cm³/mol. The van der Waals surface area contributed by atoms with Gasteiger partial charge in [0, 0.05) is 6.42 Å². The number of hydrogen-bond acceptors (Lipinski definition) is 14. The number of carbonyl (C=O) groups excluding carboxylic acids is 3. The Bertz CT molecular complexity index is 1180. The van der Waals surface area contributed by atoms with E-state index in [0.717, 1.165) is 17.5 Å². The van der Waals surface area contributed by atoms with Crippen LogP contribution in [0.5, 0.6) is 0 Å². The standard InChI is InChI=1S/C15H17ClN6O10S2/c1-5-9(14(26)22(5)32-34(28,29)30)18-13(25)11(10-12(16)33-15(17)19-10)20-31-4-6-2-7(23)8(24)3-21(6)27/h3,5-6,9,24,27H,2,4H2,1H3,(H2,17,19)(H,18,25)(H,28,29,30)/b20-11-/t5-,6?,9-/m0/s1. The molecule has 0 radical (unpaired) electrons. The number of ketones is 1. The molecule has 3 atom stereocenters. The van der Waals surface area contributed by atoms with Crippen molar-refractivity contribution in [3.63, 3.8) is 0 Å². The van der Waals surface area contributed by atoms with E-state index in [9.17, 15) is 33.1 Å². The fourth-order valence-electron chi connectivity index (χ4n) is 2.89. The van der Waals surface area contributed by atoms with Crippen LogP contribution >= 0.6 is 22.9 Å². The van der Waals surface area contributed by atoms with Crippen molar-refractivity contribution in [1.82, 2.24) is 20.4 Å². The van der Waals surface area contributed by atoms with Crippen molar-refractivity contribution in [3.8, 4) is 0 Å². The van der Waals surface area contributed by atoms with Crippen LogP contribution in [0.2, 0.25) is 4.34 Å². The van der Waals surface area contributed by atoms with E-state index in [1.165, 1.54) is 6.92 Å². The van der Waals surface area contributed by atoms with Gasteiger partial charge >= 0.3 is 10.4 Å². The van der Waals surface area contributed by atoms with Gasteiger partial charge in [0.15, 0.2) is 16.6 Å². The molecule has 34 heavy (non-hydrogen) atoms. The molecule has 186 valence electrons. The van der Waals surface area contributed by atoms with E-state index in [1.54, 1.807) is 0 Å². The summed E-state index contributed by atoms with van der Waals surface area (Å²) in [5.74, 6) is -3.28. The van der Waals surface area contributed by atoms with E-state index in [-0.39, 0.29) is 21.6 Å². The Hall–Kier alpha value is -3.03. The molecule has 0 saturated carbocycles. The second kappa shape index (κ2) is 9.68. The number of anilines is 1. The number of aliphatic hydroxyl groups excluding tert-OH is 1. The van der Waals surface area contributed by atoms with Crippen LogP contribution < -0.4 is 11.1 Å². The quantitative estimate of drug-likeness (QED) is 0.115. The van der Waals surface area contributed by atoms with Gasteiger partial charge in [0.1, 0.15) is 22.7 Å². The monoisotopic (exact) mass is 540 g/mol. The van der Waals surface area contributed by atoms with Gasteiger partial charge < -0.3 is 21.0 Å². The molecule has 2 aliphatic heterocycles. The van der Waals surface area contributed by atoms with E-state index < -0.39 is 64.2 Å². The Morgan fingerprint density at radius 3 is 2.71 bits per heavy atom. The maximum atomic E-state index is 12.8. The predicted octanol–water partition coefficient (Wildman–Crippen LogP) is -1.02. The summed E-state index contributed by atoms with van der Waals surface area (Å²) in [5, 5.41) is 26.0. The number of carbonyl (C=O) groups is 3. The lowest BCUT2D eigenvalue weighted by Crippen LogP contribution is -2.70. The number of nitrogens with two attached hydrogens (primary N) is 1. The Morgan fingerprint density at radius 1 is 1.47 bits per heavy atom. The molecule has 0 aliphatic carbocycles. The summed E-state index contributed by atoms with van der Waals surface area (Å²) in [7, 11) is -4.96. The number of Topliss-reactive ketones (excluding diaryl/α,β-unsaturated/α-hetero) is 1. The highest BCUT2D eigenvalue weighted by Gasteiger charge is 2.49. The molecule has 3 rings (SSSR count). The Kier molecular flexibility index (Phi) is 7.29. The zero-order valence-electron chi connectivity index (χ0n) is 17.0. The Balaban J connectivity index is 1.75. The molecule has 2 aliphatic rings. The summed E-state index contributed by atoms with van der Waals surface area (Å²) in [6, 6.07) is -3.19. The molecular weight excluding hydrogens is 524 g/mol. The average molecular weight is 541 g/mol. The topological polar surface area (TPSA) is 234 Å². The summed E-state index contributed by atoms with van der Waals surface area (Å²) in [6.45, 7) is 0.923. The SMILES string of the molecule is C[C@H]1[C@H](NC(=O)/C(=N\OCC2CC(=O)C(O)=CN2O)c2nc(N)sc2Cl)C(=O)N1OS(=O)(=O)O. The average Bonchev–Trinajstić information content (AvgIpc) is 3.07. The van der Waals surface area contributed by atoms with Crippen LogP contribution in [0.25, 0.3) is 0 Å². The van der Waals surface area contributed by atoms with Crippen LogP contribution in [0.1, 0.15) is 19.0 Å². The number of nitrogens with one attached hydrogen (secondary N) is 1. The number of aliphatic hydroxyl groups is 1. The van der Waals surface area contributed by atoms with Crippen LogP contribution in [0.4, 0.5) is 5.13 Å². The van der Waals surface area contributed by atoms with E-state index in [2.05, 4.69) is 19.7 Å². The summed E-state index contributed by atoms with van der Waals surface area (Å²) in [6.07, 6.45) is 0.483. The molecule has 3 heterocycles.